The fourth-order valence-electron chi connectivity index (χ4n) is 2.21. The lowest BCUT2D eigenvalue weighted by molar-refractivity contribution is 0.0205. The summed E-state index contributed by atoms with van der Waals surface area (Å²) >= 11 is 1.79. The van der Waals surface area contributed by atoms with Crippen LogP contribution in [0.3, 0.4) is 0 Å². The molecule has 1 unspecified atom stereocenters. The van der Waals surface area contributed by atoms with Crippen molar-refractivity contribution in [2.24, 2.45) is 10.4 Å². The number of nitrogens with zero attached hydrogens (tertiary/aromatic N) is 1. The highest BCUT2D eigenvalue weighted by Crippen LogP contribution is 2.26. The summed E-state index contributed by atoms with van der Waals surface area (Å²) in [6.07, 6.45) is 0.136. The van der Waals surface area contributed by atoms with Crippen molar-refractivity contribution in [1.29, 1.82) is 0 Å². The van der Waals surface area contributed by atoms with E-state index in [1.165, 1.54) is 4.88 Å². The van der Waals surface area contributed by atoms with E-state index in [-0.39, 0.29) is 16.9 Å². The van der Waals surface area contributed by atoms with Crippen molar-refractivity contribution in [3.63, 3.8) is 0 Å². The van der Waals surface area contributed by atoms with Crippen LogP contribution in [-0.2, 0) is 10.2 Å². The summed E-state index contributed by atoms with van der Waals surface area (Å²) in [6, 6.07) is 4.28. The molecular formula is C17H31N3OS. The fraction of sp³-hybridized carbons (Fsp3) is 0.706. The molecule has 1 heterocycles. The van der Waals surface area contributed by atoms with E-state index in [2.05, 4.69) is 67.8 Å². The minimum absolute atomic E-state index is 0.0798. The molecule has 0 aromatic carbocycles. The Hall–Kier alpha value is -1.07. The van der Waals surface area contributed by atoms with Crippen LogP contribution < -0.4 is 10.6 Å². The van der Waals surface area contributed by atoms with Gasteiger partial charge in [0.15, 0.2) is 5.96 Å². The molecule has 0 radical (unpaired) electrons. The van der Waals surface area contributed by atoms with Crippen LogP contribution in [0.2, 0.25) is 0 Å². The maximum Gasteiger partial charge on any atom is 0.191 e. The Bertz CT molecular complexity index is 461. The van der Waals surface area contributed by atoms with E-state index in [9.17, 15) is 0 Å². The molecule has 2 N–H and O–H groups in total. The molecule has 0 saturated heterocycles. The van der Waals surface area contributed by atoms with Crippen LogP contribution in [0.25, 0.3) is 0 Å². The van der Waals surface area contributed by atoms with Crippen molar-refractivity contribution in [1.82, 2.24) is 10.6 Å². The number of aliphatic imine (C=N–C) groups is 1. The van der Waals surface area contributed by atoms with Gasteiger partial charge in [0, 0.05) is 37.5 Å². The van der Waals surface area contributed by atoms with Crippen LogP contribution in [0, 0.1) is 5.41 Å². The normalized spacial score (nSPS) is 14.8. The summed E-state index contributed by atoms with van der Waals surface area (Å²) in [7, 11) is 3.56. The van der Waals surface area contributed by atoms with Gasteiger partial charge in [-0.2, -0.15) is 0 Å². The summed E-state index contributed by atoms with van der Waals surface area (Å²) in [5, 5.41) is 8.90. The Morgan fingerprint density at radius 1 is 1.27 bits per heavy atom. The van der Waals surface area contributed by atoms with Crippen LogP contribution >= 0.6 is 11.3 Å². The Morgan fingerprint density at radius 2 is 1.95 bits per heavy atom. The molecule has 0 aliphatic rings. The van der Waals surface area contributed by atoms with Crippen molar-refractivity contribution in [2.75, 3.05) is 27.2 Å². The second-order valence-electron chi connectivity index (χ2n) is 7.26. The first-order valence-corrected chi connectivity index (χ1v) is 8.60. The number of thiophene rings is 1. The van der Waals surface area contributed by atoms with Crippen molar-refractivity contribution >= 4 is 17.3 Å². The third-order valence-corrected chi connectivity index (χ3v) is 5.05. The molecule has 0 aliphatic carbocycles. The standard InChI is InChI=1S/C17H31N3OS/c1-16(2,3)13(21-7)11-19-15(18-6)20-12-17(4,5)14-9-8-10-22-14/h8-10,13H,11-12H2,1-7H3,(H2,18,19,20). The molecule has 0 aliphatic heterocycles. The van der Waals surface area contributed by atoms with E-state index in [0.717, 1.165) is 19.0 Å². The first-order chi connectivity index (χ1) is 10.2. The van der Waals surface area contributed by atoms with E-state index in [0.29, 0.717) is 0 Å². The van der Waals surface area contributed by atoms with Gasteiger partial charge in [0.25, 0.3) is 0 Å². The summed E-state index contributed by atoms with van der Waals surface area (Å²) < 4.78 is 5.57. The van der Waals surface area contributed by atoms with Gasteiger partial charge >= 0.3 is 0 Å². The molecule has 22 heavy (non-hydrogen) atoms. The van der Waals surface area contributed by atoms with Crippen LogP contribution in [0.5, 0.6) is 0 Å². The van der Waals surface area contributed by atoms with E-state index >= 15 is 0 Å². The van der Waals surface area contributed by atoms with E-state index in [1.807, 2.05) is 0 Å². The molecule has 1 aromatic heterocycles. The third-order valence-electron chi connectivity index (χ3n) is 3.81. The lowest BCUT2D eigenvalue weighted by atomic mass is 9.89. The van der Waals surface area contributed by atoms with Gasteiger partial charge in [-0.25, -0.2) is 0 Å². The second-order valence-corrected chi connectivity index (χ2v) is 8.21. The highest BCUT2D eigenvalue weighted by molar-refractivity contribution is 7.10. The lowest BCUT2D eigenvalue weighted by Crippen LogP contribution is -2.47. The zero-order valence-electron chi connectivity index (χ0n) is 15.0. The van der Waals surface area contributed by atoms with E-state index in [1.54, 1.807) is 25.5 Å². The van der Waals surface area contributed by atoms with E-state index in [4.69, 9.17) is 4.74 Å². The molecule has 0 bridgehead atoms. The number of guanidine groups is 1. The van der Waals surface area contributed by atoms with Gasteiger partial charge in [0.1, 0.15) is 0 Å². The summed E-state index contributed by atoms with van der Waals surface area (Å²) in [4.78, 5) is 5.68. The van der Waals surface area contributed by atoms with Crippen LogP contribution in [-0.4, -0.2) is 39.3 Å². The summed E-state index contributed by atoms with van der Waals surface area (Å²) in [6.45, 7) is 12.6. The Balaban J connectivity index is 2.53. The summed E-state index contributed by atoms with van der Waals surface area (Å²) in [5.74, 6) is 0.816. The van der Waals surface area contributed by atoms with Gasteiger partial charge in [0.2, 0.25) is 0 Å². The zero-order valence-corrected chi connectivity index (χ0v) is 15.8. The largest absolute Gasteiger partial charge is 0.379 e. The third kappa shape index (κ3) is 5.61. The van der Waals surface area contributed by atoms with Gasteiger partial charge in [-0.1, -0.05) is 40.7 Å². The van der Waals surface area contributed by atoms with Gasteiger partial charge < -0.3 is 15.4 Å². The number of ether oxygens (including phenoxy) is 1. The molecule has 1 aromatic rings. The van der Waals surface area contributed by atoms with Crippen molar-refractivity contribution in [3.05, 3.63) is 22.4 Å². The number of hydrogen-bond acceptors (Lipinski definition) is 3. The van der Waals surface area contributed by atoms with Crippen LogP contribution in [0.4, 0.5) is 0 Å². The molecule has 4 nitrogen and oxygen atoms in total. The molecule has 0 fully saturated rings. The SMILES string of the molecule is CN=C(NCC(OC)C(C)(C)C)NCC(C)(C)c1cccs1. The molecule has 1 atom stereocenters. The minimum Gasteiger partial charge on any atom is -0.379 e. The predicted molar refractivity (Wildman–Crippen MR) is 97.0 cm³/mol. The van der Waals surface area contributed by atoms with Gasteiger partial charge in [-0.15, -0.1) is 11.3 Å². The number of hydrogen-bond donors (Lipinski definition) is 2. The molecular weight excluding hydrogens is 294 g/mol. The number of nitrogens with one attached hydrogen (secondary N) is 2. The monoisotopic (exact) mass is 325 g/mol. The molecule has 0 saturated carbocycles. The van der Waals surface area contributed by atoms with Gasteiger partial charge in [-0.05, 0) is 16.9 Å². The maximum absolute atomic E-state index is 5.57. The molecule has 5 heteroatoms. The average molecular weight is 326 g/mol. The van der Waals surface area contributed by atoms with Crippen LogP contribution in [0.15, 0.2) is 22.5 Å². The molecule has 0 amide bonds. The predicted octanol–water partition coefficient (Wildman–Crippen LogP) is 3.25. The van der Waals surface area contributed by atoms with Crippen molar-refractivity contribution in [3.8, 4) is 0 Å². The lowest BCUT2D eigenvalue weighted by Gasteiger charge is -2.30. The van der Waals surface area contributed by atoms with Crippen LogP contribution in [0.1, 0.15) is 39.5 Å². The zero-order chi connectivity index (χ0) is 16.8. The Labute approximate surface area is 139 Å². The molecule has 0 spiro atoms. The molecule has 126 valence electrons. The van der Waals surface area contributed by atoms with Gasteiger partial charge in [-0.3, -0.25) is 4.99 Å². The smallest absolute Gasteiger partial charge is 0.191 e. The summed E-state index contributed by atoms with van der Waals surface area (Å²) in [5.41, 5.74) is 0.174. The first-order valence-electron chi connectivity index (χ1n) is 7.72. The average Bonchev–Trinajstić information content (AvgIpc) is 2.96. The molecule has 1 rings (SSSR count). The van der Waals surface area contributed by atoms with E-state index < -0.39 is 0 Å². The highest BCUT2D eigenvalue weighted by Gasteiger charge is 2.25. The van der Waals surface area contributed by atoms with Gasteiger partial charge in [0.05, 0.1) is 6.10 Å². The quantitative estimate of drug-likeness (QED) is 0.623. The second kappa shape index (κ2) is 7.97. The Kier molecular flexibility index (Phi) is 6.88. The van der Waals surface area contributed by atoms with Crippen molar-refractivity contribution < 1.29 is 4.74 Å². The maximum atomic E-state index is 5.57. The Morgan fingerprint density at radius 3 is 2.41 bits per heavy atom. The van der Waals surface area contributed by atoms with Crippen molar-refractivity contribution in [2.45, 2.75) is 46.1 Å². The highest BCUT2D eigenvalue weighted by atomic mass is 32.1. The number of rotatable bonds is 6. The topological polar surface area (TPSA) is 45.7 Å². The number of methoxy groups -OCH3 is 1. The first kappa shape index (κ1) is 19.0. The minimum atomic E-state index is 0.0798. The fourth-order valence-corrected chi connectivity index (χ4v) is 3.06.